The van der Waals surface area contributed by atoms with Gasteiger partial charge < -0.3 is 14.9 Å². The zero-order valence-electron chi connectivity index (χ0n) is 8.59. The van der Waals surface area contributed by atoms with Crippen LogP contribution in [0.3, 0.4) is 0 Å². The van der Waals surface area contributed by atoms with Gasteiger partial charge in [-0.15, -0.1) is 0 Å². The molecule has 0 saturated carbocycles. The summed E-state index contributed by atoms with van der Waals surface area (Å²) in [6.45, 7) is -0.796. The van der Waals surface area contributed by atoms with Crippen LogP contribution in [0.1, 0.15) is 12.8 Å². The number of aliphatic carboxylic acids is 1. The number of carboxylic acids is 1. The van der Waals surface area contributed by atoms with Crippen molar-refractivity contribution < 1.29 is 33.0 Å². The average Bonchev–Trinajstić information content (AvgIpc) is 2.14. The monoisotopic (exact) mass is 254 g/mol. The Labute approximate surface area is 92.9 Å². The van der Waals surface area contributed by atoms with E-state index in [4.69, 9.17) is 10.2 Å². The number of aliphatic hydroxyl groups is 1. The van der Waals surface area contributed by atoms with E-state index >= 15 is 0 Å². The molecule has 0 aromatic rings. The van der Waals surface area contributed by atoms with E-state index in [0.29, 0.717) is 0 Å². The van der Waals surface area contributed by atoms with Crippen molar-refractivity contribution >= 4 is 21.8 Å². The van der Waals surface area contributed by atoms with Crippen molar-refractivity contribution in [1.29, 1.82) is 0 Å². The first-order chi connectivity index (χ1) is 7.37. The predicted octanol–water partition coefficient (Wildman–Crippen LogP) is -1.20. The number of carbonyl (C=O) groups is 2. The number of esters is 1. The first kappa shape index (κ1) is 14.8. The Hall–Kier alpha value is -1.15. The van der Waals surface area contributed by atoms with Crippen LogP contribution in [0.2, 0.25) is 0 Å². The fourth-order valence-electron chi connectivity index (χ4n) is 0.805. The lowest BCUT2D eigenvalue weighted by molar-refractivity contribution is -0.147. The topological polar surface area (TPSA) is 118 Å². The van der Waals surface area contributed by atoms with E-state index in [0.717, 1.165) is 0 Å². The Bertz CT molecular complexity index is 332. The van der Waals surface area contributed by atoms with E-state index in [1.807, 2.05) is 0 Å². The summed E-state index contributed by atoms with van der Waals surface area (Å²) >= 11 is 0. The molecular formula is C8H14O7S. The molecule has 7 nitrogen and oxygen atoms in total. The van der Waals surface area contributed by atoms with Gasteiger partial charge in [0.25, 0.3) is 0 Å². The average molecular weight is 254 g/mol. The third-order valence-electron chi connectivity index (χ3n) is 1.60. The lowest BCUT2D eigenvalue weighted by Crippen LogP contribution is -2.19. The molecule has 0 amide bonds. The van der Waals surface area contributed by atoms with Crippen LogP contribution < -0.4 is 0 Å². The summed E-state index contributed by atoms with van der Waals surface area (Å²) in [7, 11) is -3.40. The Morgan fingerprint density at radius 3 is 2.25 bits per heavy atom. The van der Waals surface area contributed by atoms with E-state index in [1.165, 1.54) is 0 Å². The van der Waals surface area contributed by atoms with Crippen LogP contribution in [0, 0.1) is 0 Å². The van der Waals surface area contributed by atoms with Crippen molar-refractivity contribution in [3.63, 3.8) is 0 Å². The Balaban J connectivity index is 3.74. The Morgan fingerprint density at radius 2 is 1.75 bits per heavy atom. The number of rotatable bonds is 8. The largest absolute Gasteiger partial charge is 0.481 e. The van der Waals surface area contributed by atoms with Crippen LogP contribution in [0.4, 0.5) is 0 Å². The number of carbonyl (C=O) groups excluding carboxylic acids is 1. The van der Waals surface area contributed by atoms with Crippen LogP contribution in [0.25, 0.3) is 0 Å². The summed E-state index contributed by atoms with van der Waals surface area (Å²) in [5, 5.41) is 16.7. The molecular weight excluding hydrogens is 240 g/mol. The molecule has 0 aromatic carbocycles. The van der Waals surface area contributed by atoms with Gasteiger partial charge in [-0.25, -0.2) is 8.42 Å². The second-order valence-corrected chi connectivity index (χ2v) is 5.29. The number of carboxylic acid groups (broad SMARTS) is 1. The summed E-state index contributed by atoms with van der Waals surface area (Å²) in [4.78, 5) is 21.0. The minimum absolute atomic E-state index is 0.282. The molecule has 0 aliphatic rings. The molecule has 0 heterocycles. The standard InChI is InChI=1S/C8H14O7S/c9-3-5-16(13,14)6-4-15-8(12)2-1-7(10)11/h9H,1-6H2,(H,10,11). The molecule has 0 aromatic heterocycles. The van der Waals surface area contributed by atoms with E-state index < -0.39 is 28.4 Å². The fraction of sp³-hybridized carbons (Fsp3) is 0.750. The van der Waals surface area contributed by atoms with Crippen molar-refractivity contribution in [1.82, 2.24) is 0 Å². The Kier molecular flexibility index (Phi) is 6.66. The first-order valence-electron chi connectivity index (χ1n) is 4.56. The minimum atomic E-state index is -3.40. The maximum absolute atomic E-state index is 11.0. The minimum Gasteiger partial charge on any atom is -0.481 e. The van der Waals surface area contributed by atoms with E-state index in [1.54, 1.807) is 0 Å². The molecule has 0 rings (SSSR count). The van der Waals surface area contributed by atoms with Crippen LogP contribution >= 0.6 is 0 Å². The Morgan fingerprint density at radius 1 is 1.12 bits per heavy atom. The quantitative estimate of drug-likeness (QED) is 0.522. The number of aliphatic hydroxyl groups excluding tert-OH is 1. The van der Waals surface area contributed by atoms with Gasteiger partial charge in [0.15, 0.2) is 9.84 Å². The highest BCUT2D eigenvalue weighted by Gasteiger charge is 2.12. The third-order valence-corrected chi connectivity index (χ3v) is 3.20. The maximum atomic E-state index is 11.0. The number of ether oxygens (including phenoxy) is 1. The summed E-state index contributed by atoms with van der Waals surface area (Å²) in [6.07, 6.45) is -0.627. The van der Waals surface area contributed by atoms with Gasteiger partial charge in [0, 0.05) is 0 Å². The van der Waals surface area contributed by atoms with Gasteiger partial charge in [-0.3, -0.25) is 9.59 Å². The van der Waals surface area contributed by atoms with Gasteiger partial charge in [-0.1, -0.05) is 0 Å². The molecule has 94 valence electrons. The number of hydrogen-bond acceptors (Lipinski definition) is 6. The molecule has 8 heteroatoms. The second-order valence-electron chi connectivity index (χ2n) is 2.99. The molecule has 2 N–H and O–H groups in total. The van der Waals surface area contributed by atoms with Crippen molar-refractivity contribution in [2.24, 2.45) is 0 Å². The summed E-state index contributed by atoms with van der Waals surface area (Å²) < 4.78 is 26.6. The van der Waals surface area contributed by atoms with Gasteiger partial charge in [0.2, 0.25) is 0 Å². The fourth-order valence-corrected chi connectivity index (χ4v) is 1.62. The van der Waals surface area contributed by atoms with Crippen molar-refractivity contribution in [3.05, 3.63) is 0 Å². The summed E-state index contributed by atoms with van der Waals surface area (Å²) in [6, 6.07) is 0. The van der Waals surface area contributed by atoms with E-state index in [-0.39, 0.29) is 31.0 Å². The van der Waals surface area contributed by atoms with Crippen LogP contribution in [-0.2, 0) is 24.2 Å². The molecule has 0 fully saturated rings. The van der Waals surface area contributed by atoms with Crippen molar-refractivity contribution in [3.8, 4) is 0 Å². The third kappa shape index (κ3) is 8.18. The van der Waals surface area contributed by atoms with Crippen LogP contribution in [-0.4, -0.2) is 55.3 Å². The molecule has 0 aliphatic heterocycles. The molecule has 0 bridgehead atoms. The van der Waals surface area contributed by atoms with Crippen molar-refractivity contribution in [2.75, 3.05) is 24.7 Å². The number of sulfone groups is 1. The lowest BCUT2D eigenvalue weighted by Gasteiger charge is -2.04. The molecule has 0 spiro atoms. The molecule has 0 saturated heterocycles. The molecule has 0 atom stereocenters. The van der Waals surface area contributed by atoms with Gasteiger partial charge in [-0.05, 0) is 0 Å². The highest BCUT2D eigenvalue weighted by Crippen LogP contribution is 1.95. The lowest BCUT2D eigenvalue weighted by atomic mass is 10.3. The zero-order chi connectivity index (χ0) is 12.6. The van der Waals surface area contributed by atoms with Crippen molar-refractivity contribution in [2.45, 2.75) is 12.8 Å². The number of hydrogen-bond donors (Lipinski definition) is 2. The smallest absolute Gasteiger partial charge is 0.306 e. The van der Waals surface area contributed by atoms with E-state index in [9.17, 15) is 18.0 Å². The second kappa shape index (κ2) is 7.18. The molecule has 16 heavy (non-hydrogen) atoms. The van der Waals surface area contributed by atoms with Crippen LogP contribution in [0.15, 0.2) is 0 Å². The van der Waals surface area contributed by atoms with Gasteiger partial charge in [0.1, 0.15) is 6.61 Å². The van der Waals surface area contributed by atoms with E-state index in [2.05, 4.69) is 4.74 Å². The normalized spacial score (nSPS) is 11.1. The SMILES string of the molecule is O=C(O)CCC(=O)OCCS(=O)(=O)CCO. The highest BCUT2D eigenvalue weighted by molar-refractivity contribution is 7.91. The van der Waals surface area contributed by atoms with Crippen LogP contribution in [0.5, 0.6) is 0 Å². The zero-order valence-corrected chi connectivity index (χ0v) is 9.40. The molecule has 0 aliphatic carbocycles. The van der Waals surface area contributed by atoms with Gasteiger partial charge in [0.05, 0.1) is 31.0 Å². The van der Waals surface area contributed by atoms with Gasteiger partial charge in [-0.2, -0.15) is 0 Å². The predicted molar refractivity (Wildman–Crippen MR) is 53.6 cm³/mol. The van der Waals surface area contributed by atoms with Gasteiger partial charge >= 0.3 is 11.9 Å². The maximum Gasteiger partial charge on any atom is 0.306 e. The summed E-state index contributed by atoms with van der Waals surface area (Å²) in [5.41, 5.74) is 0. The first-order valence-corrected chi connectivity index (χ1v) is 6.38. The summed E-state index contributed by atoms with van der Waals surface area (Å²) in [5.74, 6) is -2.61. The highest BCUT2D eigenvalue weighted by atomic mass is 32.2. The molecule has 0 radical (unpaired) electrons. The molecule has 0 unspecified atom stereocenters.